The van der Waals surface area contributed by atoms with Crippen molar-refractivity contribution in [1.29, 1.82) is 0 Å². The molecule has 2 heterocycles. The van der Waals surface area contributed by atoms with Gasteiger partial charge in [-0.3, -0.25) is 0 Å². The van der Waals surface area contributed by atoms with Gasteiger partial charge in [0.05, 0.1) is 13.2 Å². The molecule has 0 spiro atoms. The van der Waals surface area contributed by atoms with Gasteiger partial charge in [0.1, 0.15) is 5.75 Å². The standard InChI is InChI=1S/C21H27N3O2/c1-25-19-7-5-16(6-8-19)13-18-14-24(21-22-10-2-11-23-21)12-9-20(18)26-15-17-3-4-17/h2,5-8,10-11,17-18,20H,3-4,9,12-15H2,1H3/t18-,20-/m0/s1. The number of aromatic nitrogens is 2. The number of anilines is 1. The second-order valence-electron chi connectivity index (χ2n) is 7.41. The number of methoxy groups -OCH3 is 1. The van der Waals surface area contributed by atoms with Crippen molar-refractivity contribution in [3.63, 3.8) is 0 Å². The molecule has 5 nitrogen and oxygen atoms in total. The van der Waals surface area contributed by atoms with Crippen molar-refractivity contribution in [2.24, 2.45) is 11.8 Å². The zero-order valence-corrected chi connectivity index (χ0v) is 15.4. The fraction of sp³-hybridized carbons (Fsp3) is 0.524. The third-order valence-corrected chi connectivity index (χ3v) is 5.40. The summed E-state index contributed by atoms with van der Waals surface area (Å²) < 4.78 is 11.6. The molecule has 26 heavy (non-hydrogen) atoms. The first kappa shape index (κ1) is 17.3. The molecule has 2 aliphatic rings. The first-order valence-electron chi connectivity index (χ1n) is 9.58. The Morgan fingerprint density at radius 2 is 1.85 bits per heavy atom. The van der Waals surface area contributed by atoms with Crippen LogP contribution in [-0.4, -0.2) is 42.9 Å². The summed E-state index contributed by atoms with van der Waals surface area (Å²) in [5, 5.41) is 0. The van der Waals surface area contributed by atoms with E-state index in [4.69, 9.17) is 9.47 Å². The van der Waals surface area contributed by atoms with Crippen LogP contribution < -0.4 is 9.64 Å². The van der Waals surface area contributed by atoms with Crippen LogP contribution in [0, 0.1) is 11.8 Å². The highest BCUT2D eigenvalue weighted by Gasteiger charge is 2.33. The molecule has 4 rings (SSSR count). The maximum absolute atomic E-state index is 6.33. The molecule has 2 fully saturated rings. The average molecular weight is 353 g/mol. The molecule has 1 saturated heterocycles. The Kier molecular flexibility index (Phi) is 5.34. The third-order valence-electron chi connectivity index (χ3n) is 5.40. The normalized spacial score (nSPS) is 23.0. The lowest BCUT2D eigenvalue weighted by Gasteiger charge is -2.38. The van der Waals surface area contributed by atoms with Crippen LogP contribution in [0.4, 0.5) is 5.95 Å². The molecule has 5 heteroatoms. The lowest BCUT2D eigenvalue weighted by atomic mass is 9.88. The Morgan fingerprint density at radius 3 is 2.54 bits per heavy atom. The minimum Gasteiger partial charge on any atom is -0.497 e. The quantitative estimate of drug-likeness (QED) is 0.764. The number of rotatable bonds is 7. The molecular formula is C21H27N3O2. The Balaban J connectivity index is 1.46. The first-order chi connectivity index (χ1) is 12.8. The van der Waals surface area contributed by atoms with Gasteiger partial charge in [-0.15, -0.1) is 0 Å². The molecule has 0 amide bonds. The van der Waals surface area contributed by atoms with Crippen LogP contribution in [0.3, 0.4) is 0 Å². The van der Waals surface area contributed by atoms with Crippen molar-refractivity contribution in [2.75, 3.05) is 31.7 Å². The van der Waals surface area contributed by atoms with Gasteiger partial charge in [0.15, 0.2) is 0 Å². The van der Waals surface area contributed by atoms with E-state index in [9.17, 15) is 0 Å². The van der Waals surface area contributed by atoms with Gasteiger partial charge in [-0.2, -0.15) is 0 Å². The van der Waals surface area contributed by atoms with Crippen molar-refractivity contribution in [3.05, 3.63) is 48.3 Å². The maximum atomic E-state index is 6.33. The summed E-state index contributed by atoms with van der Waals surface area (Å²) >= 11 is 0. The molecule has 0 bridgehead atoms. The summed E-state index contributed by atoms with van der Waals surface area (Å²) in [4.78, 5) is 11.2. The molecule has 2 aromatic rings. The van der Waals surface area contributed by atoms with Crippen LogP contribution in [-0.2, 0) is 11.2 Å². The molecule has 1 aromatic carbocycles. The molecule has 1 saturated carbocycles. The Hall–Kier alpha value is -2.14. The van der Waals surface area contributed by atoms with Gasteiger partial charge in [-0.25, -0.2) is 9.97 Å². The minimum absolute atomic E-state index is 0.317. The summed E-state index contributed by atoms with van der Waals surface area (Å²) in [6, 6.07) is 10.3. The Labute approximate surface area is 155 Å². The summed E-state index contributed by atoms with van der Waals surface area (Å²) in [6.07, 6.45) is 8.65. The Bertz CT molecular complexity index is 688. The zero-order chi connectivity index (χ0) is 17.8. The molecule has 0 N–H and O–H groups in total. The van der Waals surface area contributed by atoms with Gasteiger partial charge in [-0.05, 0) is 55.4 Å². The van der Waals surface area contributed by atoms with E-state index >= 15 is 0 Å². The number of ether oxygens (including phenoxy) is 2. The van der Waals surface area contributed by atoms with E-state index < -0.39 is 0 Å². The van der Waals surface area contributed by atoms with Gasteiger partial charge in [0, 0.05) is 38.0 Å². The van der Waals surface area contributed by atoms with E-state index in [0.29, 0.717) is 12.0 Å². The lowest BCUT2D eigenvalue weighted by Crippen LogP contribution is -2.46. The molecule has 1 aliphatic carbocycles. The van der Waals surface area contributed by atoms with E-state index in [0.717, 1.165) is 50.2 Å². The molecular weight excluding hydrogens is 326 g/mol. The van der Waals surface area contributed by atoms with Gasteiger partial charge in [-0.1, -0.05) is 12.1 Å². The Morgan fingerprint density at radius 1 is 1.08 bits per heavy atom. The van der Waals surface area contributed by atoms with Gasteiger partial charge < -0.3 is 14.4 Å². The minimum atomic E-state index is 0.317. The van der Waals surface area contributed by atoms with Gasteiger partial charge in [0.2, 0.25) is 5.95 Å². The fourth-order valence-corrected chi connectivity index (χ4v) is 3.67. The van der Waals surface area contributed by atoms with Gasteiger partial charge >= 0.3 is 0 Å². The number of hydrogen-bond donors (Lipinski definition) is 0. The van der Waals surface area contributed by atoms with Crippen LogP contribution >= 0.6 is 0 Å². The highest BCUT2D eigenvalue weighted by atomic mass is 16.5. The highest BCUT2D eigenvalue weighted by molar-refractivity contribution is 5.31. The average Bonchev–Trinajstić information content (AvgIpc) is 3.53. The SMILES string of the molecule is COc1ccc(C[C@H]2CN(c3ncccn3)CC[C@@H]2OCC2CC2)cc1. The predicted molar refractivity (Wildman–Crippen MR) is 102 cm³/mol. The number of piperidine rings is 1. The van der Waals surface area contributed by atoms with Crippen molar-refractivity contribution in [3.8, 4) is 5.75 Å². The van der Waals surface area contributed by atoms with E-state index in [2.05, 4.69) is 27.0 Å². The molecule has 1 aliphatic heterocycles. The maximum Gasteiger partial charge on any atom is 0.225 e. The van der Waals surface area contributed by atoms with Crippen LogP contribution in [0.1, 0.15) is 24.8 Å². The van der Waals surface area contributed by atoms with Crippen molar-refractivity contribution in [1.82, 2.24) is 9.97 Å². The topological polar surface area (TPSA) is 47.5 Å². The van der Waals surface area contributed by atoms with Crippen LogP contribution in [0.25, 0.3) is 0 Å². The second kappa shape index (κ2) is 8.04. The summed E-state index contributed by atoms with van der Waals surface area (Å²) in [5.41, 5.74) is 1.33. The molecule has 138 valence electrons. The van der Waals surface area contributed by atoms with Gasteiger partial charge in [0.25, 0.3) is 0 Å². The second-order valence-corrected chi connectivity index (χ2v) is 7.41. The number of hydrogen-bond acceptors (Lipinski definition) is 5. The molecule has 0 unspecified atom stereocenters. The number of nitrogens with zero attached hydrogens (tertiary/aromatic N) is 3. The van der Waals surface area contributed by atoms with Crippen LogP contribution in [0.2, 0.25) is 0 Å². The molecule has 2 atom stereocenters. The smallest absolute Gasteiger partial charge is 0.225 e. The summed E-state index contributed by atoms with van der Waals surface area (Å²) in [6.45, 7) is 2.81. The third kappa shape index (κ3) is 4.33. The van der Waals surface area contributed by atoms with E-state index in [1.807, 2.05) is 30.6 Å². The summed E-state index contributed by atoms with van der Waals surface area (Å²) in [7, 11) is 1.70. The van der Waals surface area contributed by atoms with Crippen molar-refractivity contribution < 1.29 is 9.47 Å². The predicted octanol–water partition coefficient (Wildman–Crippen LogP) is 3.35. The van der Waals surface area contributed by atoms with Crippen molar-refractivity contribution >= 4 is 5.95 Å². The van der Waals surface area contributed by atoms with E-state index in [-0.39, 0.29) is 0 Å². The van der Waals surface area contributed by atoms with E-state index in [1.54, 1.807) is 7.11 Å². The first-order valence-corrected chi connectivity index (χ1v) is 9.58. The van der Waals surface area contributed by atoms with Crippen molar-refractivity contribution in [2.45, 2.75) is 31.8 Å². The van der Waals surface area contributed by atoms with E-state index in [1.165, 1.54) is 18.4 Å². The molecule has 0 radical (unpaired) electrons. The zero-order valence-electron chi connectivity index (χ0n) is 15.4. The highest BCUT2D eigenvalue weighted by Crippen LogP contribution is 2.32. The van der Waals surface area contributed by atoms with Crippen LogP contribution in [0.15, 0.2) is 42.7 Å². The number of benzene rings is 1. The van der Waals surface area contributed by atoms with Crippen LogP contribution in [0.5, 0.6) is 5.75 Å². The fourth-order valence-electron chi connectivity index (χ4n) is 3.67. The summed E-state index contributed by atoms with van der Waals surface area (Å²) in [5.74, 6) is 2.97. The largest absolute Gasteiger partial charge is 0.497 e. The lowest BCUT2D eigenvalue weighted by molar-refractivity contribution is -0.00500. The molecule has 1 aromatic heterocycles. The monoisotopic (exact) mass is 353 g/mol.